The van der Waals surface area contributed by atoms with E-state index >= 15 is 0 Å². The molecule has 2 heterocycles. The fraction of sp³-hybridized carbons (Fsp3) is 0.176. The van der Waals surface area contributed by atoms with Crippen molar-refractivity contribution < 1.29 is 0 Å². The molecule has 0 radical (unpaired) electrons. The van der Waals surface area contributed by atoms with Crippen LogP contribution in [0.3, 0.4) is 0 Å². The second-order valence-corrected chi connectivity index (χ2v) is 6.00. The molecule has 1 aliphatic rings. The molecule has 1 aromatic heterocycles. The maximum Gasteiger partial charge on any atom is 0.225 e. The summed E-state index contributed by atoms with van der Waals surface area (Å²) in [5.74, 6) is 1.42. The number of nitrogens with one attached hydrogen (secondary N) is 2. The molecule has 0 bridgehead atoms. The van der Waals surface area contributed by atoms with Crippen LogP contribution >= 0.6 is 11.6 Å². The van der Waals surface area contributed by atoms with E-state index in [-0.39, 0.29) is 0 Å². The zero-order valence-electron chi connectivity index (χ0n) is 12.7. The molecule has 0 unspecified atom stereocenters. The van der Waals surface area contributed by atoms with Gasteiger partial charge in [0.1, 0.15) is 0 Å². The lowest BCUT2D eigenvalue weighted by Crippen LogP contribution is -1.99. The van der Waals surface area contributed by atoms with Crippen LogP contribution in [0.1, 0.15) is 5.56 Å². The molecule has 6 heteroatoms. The molecule has 2 N–H and O–H groups in total. The molecule has 0 atom stereocenters. The molecular formula is C17H16ClN5. The maximum atomic E-state index is 5.91. The monoisotopic (exact) mass is 325 g/mol. The first-order valence-electron chi connectivity index (χ1n) is 7.50. The summed E-state index contributed by atoms with van der Waals surface area (Å²) in [6, 6.07) is 13.8. The number of rotatable bonds is 3. The fourth-order valence-electron chi connectivity index (χ4n) is 2.72. The van der Waals surface area contributed by atoms with Crippen LogP contribution in [-0.2, 0) is 13.5 Å². The number of benzene rings is 2. The normalized spacial score (nSPS) is 12.8. The Kier molecular flexibility index (Phi) is 3.42. The highest BCUT2D eigenvalue weighted by Gasteiger charge is 2.14. The SMILES string of the molecule is Cn1nc(-c2ccc3c(c2)CCN3)nc1Nc1ccc(Cl)cc1. The van der Waals surface area contributed by atoms with Gasteiger partial charge in [-0.25, -0.2) is 4.68 Å². The van der Waals surface area contributed by atoms with E-state index in [1.54, 1.807) is 4.68 Å². The lowest BCUT2D eigenvalue weighted by Gasteiger charge is -2.04. The van der Waals surface area contributed by atoms with Crippen LogP contribution in [0.5, 0.6) is 0 Å². The van der Waals surface area contributed by atoms with Crippen molar-refractivity contribution in [2.75, 3.05) is 17.2 Å². The summed E-state index contributed by atoms with van der Waals surface area (Å²) in [6.07, 6.45) is 1.05. The summed E-state index contributed by atoms with van der Waals surface area (Å²) in [5.41, 5.74) is 4.49. The van der Waals surface area contributed by atoms with E-state index in [1.807, 2.05) is 31.3 Å². The molecule has 0 saturated heterocycles. The number of hydrogen-bond acceptors (Lipinski definition) is 4. The lowest BCUT2D eigenvalue weighted by molar-refractivity contribution is 0.778. The van der Waals surface area contributed by atoms with Crippen LogP contribution in [-0.4, -0.2) is 21.3 Å². The largest absolute Gasteiger partial charge is 0.384 e. The average Bonchev–Trinajstić information content (AvgIpc) is 3.16. The summed E-state index contributed by atoms with van der Waals surface area (Å²) in [7, 11) is 1.88. The zero-order chi connectivity index (χ0) is 15.8. The number of halogens is 1. The number of hydrogen-bond donors (Lipinski definition) is 2. The van der Waals surface area contributed by atoms with Crippen LogP contribution < -0.4 is 10.6 Å². The van der Waals surface area contributed by atoms with Gasteiger partial charge in [-0.3, -0.25) is 0 Å². The van der Waals surface area contributed by atoms with E-state index in [9.17, 15) is 0 Å². The Bertz CT molecular complexity index is 854. The number of nitrogens with zero attached hydrogens (tertiary/aromatic N) is 3. The Morgan fingerprint density at radius 1 is 1.17 bits per heavy atom. The van der Waals surface area contributed by atoms with Gasteiger partial charge in [-0.15, -0.1) is 5.10 Å². The van der Waals surface area contributed by atoms with Gasteiger partial charge in [-0.1, -0.05) is 11.6 Å². The van der Waals surface area contributed by atoms with Gasteiger partial charge in [-0.05, 0) is 54.4 Å². The predicted octanol–water partition coefficient (Wildman–Crippen LogP) is 3.85. The molecule has 2 aromatic carbocycles. The van der Waals surface area contributed by atoms with Crippen molar-refractivity contribution in [2.24, 2.45) is 7.05 Å². The molecular weight excluding hydrogens is 310 g/mol. The van der Waals surface area contributed by atoms with Gasteiger partial charge in [0.15, 0.2) is 5.82 Å². The summed E-state index contributed by atoms with van der Waals surface area (Å²) >= 11 is 5.91. The number of aryl methyl sites for hydroxylation is 1. The molecule has 3 aromatic rings. The van der Waals surface area contributed by atoms with Crippen LogP contribution in [0.15, 0.2) is 42.5 Å². The van der Waals surface area contributed by atoms with Crippen molar-refractivity contribution in [2.45, 2.75) is 6.42 Å². The Morgan fingerprint density at radius 3 is 2.83 bits per heavy atom. The van der Waals surface area contributed by atoms with E-state index in [4.69, 9.17) is 11.6 Å². The Hall–Kier alpha value is -2.53. The topological polar surface area (TPSA) is 54.8 Å². The van der Waals surface area contributed by atoms with Gasteiger partial charge >= 0.3 is 0 Å². The minimum absolute atomic E-state index is 0.695. The number of aromatic nitrogens is 3. The number of fused-ring (bicyclic) bond motifs is 1. The summed E-state index contributed by atoms with van der Waals surface area (Å²) < 4.78 is 1.75. The van der Waals surface area contributed by atoms with Gasteiger partial charge in [0.05, 0.1) is 0 Å². The molecule has 0 saturated carbocycles. The van der Waals surface area contributed by atoms with Gasteiger partial charge in [0, 0.05) is 35.6 Å². The second-order valence-electron chi connectivity index (χ2n) is 5.56. The van der Waals surface area contributed by atoms with Crippen LogP contribution in [0, 0.1) is 0 Å². The highest BCUT2D eigenvalue weighted by molar-refractivity contribution is 6.30. The molecule has 5 nitrogen and oxygen atoms in total. The smallest absolute Gasteiger partial charge is 0.225 e. The predicted molar refractivity (Wildman–Crippen MR) is 93.4 cm³/mol. The minimum atomic E-state index is 0.695. The average molecular weight is 326 g/mol. The molecule has 116 valence electrons. The van der Waals surface area contributed by atoms with Crippen molar-refractivity contribution in [3.05, 3.63) is 53.1 Å². The molecule has 0 fully saturated rings. The Labute approximate surface area is 139 Å². The zero-order valence-corrected chi connectivity index (χ0v) is 13.4. The maximum absolute atomic E-state index is 5.91. The third-order valence-electron chi connectivity index (χ3n) is 3.94. The van der Waals surface area contributed by atoms with Crippen LogP contribution in [0.25, 0.3) is 11.4 Å². The van der Waals surface area contributed by atoms with Crippen molar-refractivity contribution in [1.29, 1.82) is 0 Å². The highest BCUT2D eigenvalue weighted by atomic mass is 35.5. The Balaban J connectivity index is 1.63. The molecule has 4 rings (SSSR count). The van der Waals surface area contributed by atoms with Crippen molar-refractivity contribution in [3.63, 3.8) is 0 Å². The van der Waals surface area contributed by atoms with E-state index in [0.717, 1.165) is 30.0 Å². The van der Waals surface area contributed by atoms with Gasteiger partial charge in [0.2, 0.25) is 5.95 Å². The molecule has 0 spiro atoms. The van der Waals surface area contributed by atoms with Gasteiger partial charge in [-0.2, -0.15) is 4.98 Å². The quantitative estimate of drug-likeness (QED) is 0.768. The third-order valence-corrected chi connectivity index (χ3v) is 4.19. The first-order chi connectivity index (χ1) is 11.2. The summed E-state index contributed by atoms with van der Waals surface area (Å²) in [6.45, 7) is 0.998. The molecule has 0 amide bonds. The summed E-state index contributed by atoms with van der Waals surface area (Å²) in [4.78, 5) is 4.61. The van der Waals surface area contributed by atoms with Gasteiger partial charge < -0.3 is 10.6 Å². The molecule has 23 heavy (non-hydrogen) atoms. The molecule has 0 aliphatic carbocycles. The van der Waals surface area contributed by atoms with E-state index in [2.05, 4.69) is 38.9 Å². The minimum Gasteiger partial charge on any atom is -0.384 e. The Morgan fingerprint density at radius 2 is 2.00 bits per heavy atom. The number of anilines is 3. The second kappa shape index (κ2) is 5.59. The van der Waals surface area contributed by atoms with E-state index in [1.165, 1.54) is 11.3 Å². The first kappa shape index (κ1) is 14.1. The van der Waals surface area contributed by atoms with Crippen molar-refractivity contribution >= 4 is 28.9 Å². The fourth-order valence-corrected chi connectivity index (χ4v) is 2.85. The van der Waals surface area contributed by atoms with Gasteiger partial charge in [0.25, 0.3) is 0 Å². The van der Waals surface area contributed by atoms with Crippen molar-refractivity contribution in [1.82, 2.24) is 14.8 Å². The van der Waals surface area contributed by atoms with E-state index < -0.39 is 0 Å². The summed E-state index contributed by atoms with van der Waals surface area (Å²) in [5, 5.41) is 11.8. The molecule has 1 aliphatic heterocycles. The van der Waals surface area contributed by atoms with Crippen LogP contribution in [0.2, 0.25) is 5.02 Å². The van der Waals surface area contributed by atoms with E-state index in [0.29, 0.717) is 11.0 Å². The highest BCUT2D eigenvalue weighted by Crippen LogP contribution is 2.28. The standard InChI is InChI=1S/C17H16ClN5/c1-23-17(20-14-5-3-13(18)4-6-14)21-16(22-23)12-2-7-15-11(10-12)8-9-19-15/h2-7,10,19H,8-9H2,1H3,(H,20,21,22). The first-order valence-corrected chi connectivity index (χ1v) is 7.88. The van der Waals surface area contributed by atoms with Crippen molar-refractivity contribution in [3.8, 4) is 11.4 Å². The lowest BCUT2D eigenvalue weighted by atomic mass is 10.1. The third kappa shape index (κ3) is 2.75. The van der Waals surface area contributed by atoms with Crippen LogP contribution in [0.4, 0.5) is 17.3 Å².